The second-order valence-corrected chi connectivity index (χ2v) is 5.36. The second-order valence-electron chi connectivity index (χ2n) is 4.30. The van der Waals surface area contributed by atoms with E-state index in [0.29, 0.717) is 6.04 Å². The lowest BCUT2D eigenvalue weighted by Crippen LogP contribution is -2.35. The first kappa shape index (κ1) is 15.3. The molecule has 0 bridgehead atoms. The van der Waals surface area contributed by atoms with Crippen LogP contribution in [0.2, 0.25) is 0 Å². The van der Waals surface area contributed by atoms with Crippen LogP contribution in [0, 0.1) is 0 Å². The van der Waals surface area contributed by atoms with E-state index in [1.54, 1.807) is 18.4 Å². The molecule has 1 unspecified atom stereocenters. The van der Waals surface area contributed by atoms with Crippen LogP contribution in [0.5, 0.6) is 0 Å². The Kier molecular flexibility index (Phi) is 7.15. The molecule has 0 spiro atoms. The molecule has 104 valence electrons. The molecule has 1 aromatic rings. The summed E-state index contributed by atoms with van der Waals surface area (Å²) in [4.78, 5) is 2.34. The van der Waals surface area contributed by atoms with Crippen LogP contribution in [0.3, 0.4) is 0 Å². The smallest absolute Gasteiger partial charge is 0.205 e. The Morgan fingerprint density at radius 2 is 2.17 bits per heavy atom. The number of anilines is 1. The number of likely N-dealkylation sites (N-methyl/N-ethyl adjacent to an activating group) is 1. The van der Waals surface area contributed by atoms with Crippen molar-refractivity contribution in [3.63, 3.8) is 0 Å². The van der Waals surface area contributed by atoms with Gasteiger partial charge in [-0.2, -0.15) is 0 Å². The summed E-state index contributed by atoms with van der Waals surface area (Å²) in [5.41, 5.74) is 0. The normalized spacial score (nSPS) is 12.9. The van der Waals surface area contributed by atoms with Crippen LogP contribution in [-0.4, -0.2) is 47.9 Å². The lowest BCUT2D eigenvalue weighted by molar-refractivity contribution is 0.0980. The first-order chi connectivity index (χ1) is 8.71. The van der Waals surface area contributed by atoms with Crippen molar-refractivity contribution < 1.29 is 4.74 Å². The highest BCUT2D eigenvalue weighted by Crippen LogP contribution is 2.17. The molecule has 5 nitrogen and oxygen atoms in total. The van der Waals surface area contributed by atoms with E-state index in [2.05, 4.69) is 41.2 Å². The van der Waals surface area contributed by atoms with Crippen LogP contribution in [0.25, 0.3) is 0 Å². The molecule has 0 amide bonds. The largest absolute Gasteiger partial charge is 0.383 e. The van der Waals surface area contributed by atoms with Crippen molar-refractivity contribution in [2.75, 3.05) is 32.1 Å². The molecular formula is C12H24N4OS. The maximum Gasteiger partial charge on any atom is 0.205 e. The van der Waals surface area contributed by atoms with Crippen molar-refractivity contribution >= 4 is 16.5 Å². The molecule has 6 heteroatoms. The van der Waals surface area contributed by atoms with Gasteiger partial charge in [-0.05, 0) is 19.9 Å². The van der Waals surface area contributed by atoms with E-state index >= 15 is 0 Å². The molecule has 0 saturated carbocycles. The molecule has 18 heavy (non-hydrogen) atoms. The van der Waals surface area contributed by atoms with Gasteiger partial charge in [-0.1, -0.05) is 25.2 Å². The lowest BCUT2D eigenvalue weighted by atomic mass is 10.3. The highest BCUT2D eigenvalue weighted by atomic mass is 32.1. The maximum absolute atomic E-state index is 5.20. The van der Waals surface area contributed by atoms with Crippen molar-refractivity contribution in [1.82, 2.24) is 15.1 Å². The van der Waals surface area contributed by atoms with Gasteiger partial charge in [0.05, 0.1) is 13.2 Å². The van der Waals surface area contributed by atoms with Gasteiger partial charge in [-0.3, -0.25) is 4.90 Å². The van der Waals surface area contributed by atoms with Gasteiger partial charge < -0.3 is 10.1 Å². The van der Waals surface area contributed by atoms with Crippen LogP contribution in [0.1, 0.15) is 32.2 Å². The third-order valence-corrected chi connectivity index (χ3v) is 3.63. The Morgan fingerprint density at radius 3 is 2.78 bits per heavy atom. The summed E-state index contributed by atoms with van der Waals surface area (Å²) < 4.78 is 5.20. The molecule has 0 radical (unpaired) electrons. The Labute approximate surface area is 114 Å². The van der Waals surface area contributed by atoms with E-state index in [1.807, 2.05) is 0 Å². The molecule has 0 aromatic carbocycles. The summed E-state index contributed by atoms with van der Waals surface area (Å²) in [6.07, 6.45) is 1.10. The van der Waals surface area contributed by atoms with Gasteiger partial charge in [-0.25, -0.2) is 0 Å². The lowest BCUT2D eigenvalue weighted by Gasteiger charge is -2.25. The summed E-state index contributed by atoms with van der Waals surface area (Å²) in [5, 5.41) is 13.6. The zero-order valence-electron chi connectivity index (χ0n) is 11.8. The predicted octanol–water partition coefficient (Wildman–Crippen LogP) is 2.22. The van der Waals surface area contributed by atoms with Gasteiger partial charge >= 0.3 is 0 Å². The fraction of sp³-hybridized carbons (Fsp3) is 0.833. The summed E-state index contributed by atoms with van der Waals surface area (Å²) in [6.45, 7) is 9.99. The average molecular weight is 272 g/mol. The summed E-state index contributed by atoms with van der Waals surface area (Å²) in [6, 6.07) is 0.399. The quantitative estimate of drug-likeness (QED) is 0.747. The molecule has 0 aliphatic heterocycles. The zero-order chi connectivity index (χ0) is 13.4. The van der Waals surface area contributed by atoms with Crippen molar-refractivity contribution in [2.24, 2.45) is 0 Å². The van der Waals surface area contributed by atoms with Gasteiger partial charge in [0.2, 0.25) is 5.13 Å². The number of hydrogen-bond acceptors (Lipinski definition) is 6. The van der Waals surface area contributed by atoms with E-state index in [4.69, 9.17) is 4.74 Å². The number of methoxy groups -OCH3 is 1. The highest BCUT2D eigenvalue weighted by molar-refractivity contribution is 7.15. The van der Waals surface area contributed by atoms with Gasteiger partial charge in [0.1, 0.15) is 5.01 Å². The Balaban J connectivity index is 2.50. The zero-order valence-corrected chi connectivity index (χ0v) is 12.6. The number of rotatable bonds is 9. The maximum atomic E-state index is 5.20. The molecule has 0 aliphatic carbocycles. The first-order valence-electron chi connectivity index (χ1n) is 6.50. The molecular weight excluding hydrogens is 248 g/mol. The minimum Gasteiger partial charge on any atom is -0.383 e. The standard InChI is InChI=1S/C12H24N4OS/c1-5-7-13-12-15-14-11(18-12)8-16(6-2)10(3)9-17-4/h10H,5-9H2,1-4H3,(H,13,15). The van der Waals surface area contributed by atoms with E-state index in [-0.39, 0.29) is 0 Å². The minimum atomic E-state index is 0.399. The summed E-state index contributed by atoms with van der Waals surface area (Å²) >= 11 is 1.64. The van der Waals surface area contributed by atoms with Crippen LogP contribution < -0.4 is 5.32 Å². The Morgan fingerprint density at radius 1 is 1.39 bits per heavy atom. The van der Waals surface area contributed by atoms with Crippen LogP contribution >= 0.6 is 11.3 Å². The number of aromatic nitrogens is 2. The van der Waals surface area contributed by atoms with E-state index in [0.717, 1.165) is 42.8 Å². The van der Waals surface area contributed by atoms with Crippen LogP contribution in [0.15, 0.2) is 0 Å². The van der Waals surface area contributed by atoms with Crippen molar-refractivity contribution in [1.29, 1.82) is 0 Å². The third-order valence-electron chi connectivity index (χ3n) is 2.77. The molecule has 0 fully saturated rings. The van der Waals surface area contributed by atoms with E-state index < -0.39 is 0 Å². The topological polar surface area (TPSA) is 50.3 Å². The van der Waals surface area contributed by atoms with Gasteiger partial charge in [0, 0.05) is 19.7 Å². The summed E-state index contributed by atoms with van der Waals surface area (Å²) in [5.74, 6) is 0. The molecule has 0 aliphatic rings. The fourth-order valence-corrected chi connectivity index (χ4v) is 2.51. The Hall–Kier alpha value is -0.720. The number of hydrogen-bond donors (Lipinski definition) is 1. The molecule has 1 atom stereocenters. The monoisotopic (exact) mass is 272 g/mol. The number of ether oxygens (including phenoxy) is 1. The molecule has 1 heterocycles. The third kappa shape index (κ3) is 4.88. The van der Waals surface area contributed by atoms with E-state index in [9.17, 15) is 0 Å². The van der Waals surface area contributed by atoms with Crippen molar-refractivity contribution in [2.45, 2.75) is 39.8 Å². The van der Waals surface area contributed by atoms with E-state index in [1.165, 1.54) is 0 Å². The van der Waals surface area contributed by atoms with Crippen LogP contribution in [-0.2, 0) is 11.3 Å². The SMILES string of the molecule is CCCNc1nnc(CN(CC)C(C)COC)s1. The number of nitrogens with zero attached hydrogens (tertiary/aromatic N) is 3. The van der Waals surface area contributed by atoms with Crippen molar-refractivity contribution in [3.8, 4) is 0 Å². The number of nitrogens with one attached hydrogen (secondary N) is 1. The predicted molar refractivity (Wildman–Crippen MR) is 76.1 cm³/mol. The average Bonchev–Trinajstić information content (AvgIpc) is 2.81. The van der Waals surface area contributed by atoms with Gasteiger partial charge in [-0.15, -0.1) is 10.2 Å². The van der Waals surface area contributed by atoms with Crippen molar-refractivity contribution in [3.05, 3.63) is 5.01 Å². The van der Waals surface area contributed by atoms with Crippen LogP contribution in [0.4, 0.5) is 5.13 Å². The molecule has 0 saturated heterocycles. The summed E-state index contributed by atoms with van der Waals surface area (Å²) in [7, 11) is 1.74. The first-order valence-corrected chi connectivity index (χ1v) is 7.32. The molecule has 1 N–H and O–H groups in total. The highest BCUT2D eigenvalue weighted by Gasteiger charge is 2.14. The molecule has 1 rings (SSSR count). The fourth-order valence-electron chi connectivity index (χ4n) is 1.72. The van der Waals surface area contributed by atoms with Gasteiger partial charge in [0.15, 0.2) is 0 Å². The molecule has 1 aromatic heterocycles. The minimum absolute atomic E-state index is 0.399. The van der Waals surface area contributed by atoms with Gasteiger partial charge in [0.25, 0.3) is 0 Å². The Bertz CT molecular complexity index is 332. The second kappa shape index (κ2) is 8.39.